The molecule has 2 aromatic carbocycles. The standard InChI is InChI=1S/C22H28O5/c1-5-9-16-10-12-18(13-11-16)27-22(23)17-14-19(24-6-2)21(26-8-4)20(15-17)25-7-3/h10-15H,5-9H2,1-4H3. The van der Waals surface area contributed by atoms with Gasteiger partial charge in [-0.05, 0) is 57.0 Å². The van der Waals surface area contributed by atoms with Gasteiger partial charge in [-0.3, -0.25) is 0 Å². The highest BCUT2D eigenvalue weighted by atomic mass is 16.5. The lowest BCUT2D eigenvalue weighted by molar-refractivity contribution is 0.0733. The lowest BCUT2D eigenvalue weighted by atomic mass is 10.1. The van der Waals surface area contributed by atoms with Crippen molar-refractivity contribution in [1.29, 1.82) is 0 Å². The summed E-state index contributed by atoms with van der Waals surface area (Å²) in [5.41, 5.74) is 1.57. The highest BCUT2D eigenvalue weighted by Crippen LogP contribution is 2.39. The maximum Gasteiger partial charge on any atom is 0.343 e. The summed E-state index contributed by atoms with van der Waals surface area (Å²) >= 11 is 0. The fourth-order valence-corrected chi connectivity index (χ4v) is 2.69. The van der Waals surface area contributed by atoms with Crippen LogP contribution in [-0.4, -0.2) is 25.8 Å². The summed E-state index contributed by atoms with van der Waals surface area (Å²) in [6.07, 6.45) is 2.08. The predicted molar refractivity (Wildman–Crippen MR) is 105 cm³/mol. The molecule has 0 aliphatic heterocycles. The molecule has 0 atom stereocenters. The van der Waals surface area contributed by atoms with Crippen LogP contribution in [0.5, 0.6) is 23.0 Å². The number of benzene rings is 2. The topological polar surface area (TPSA) is 54.0 Å². The molecule has 5 heteroatoms. The first kappa shape index (κ1) is 20.6. The minimum atomic E-state index is -0.469. The Morgan fingerprint density at radius 3 is 1.85 bits per heavy atom. The van der Waals surface area contributed by atoms with Gasteiger partial charge in [-0.2, -0.15) is 0 Å². The van der Waals surface area contributed by atoms with Gasteiger partial charge in [0, 0.05) is 0 Å². The molecular formula is C22H28O5. The van der Waals surface area contributed by atoms with Crippen LogP contribution in [0.15, 0.2) is 36.4 Å². The van der Waals surface area contributed by atoms with Crippen LogP contribution >= 0.6 is 0 Å². The Morgan fingerprint density at radius 1 is 0.815 bits per heavy atom. The van der Waals surface area contributed by atoms with Gasteiger partial charge in [-0.25, -0.2) is 4.79 Å². The summed E-state index contributed by atoms with van der Waals surface area (Å²) in [5.74, 6) is 1.47. The molecule has 0 heterocycles. The molecule has 0 radical (unpaired) electrons. The van der Waals surface area contributed by atoms with E-state index in [1.165, 1.54) is 5.56 Å². The van der Waals surface area contributed by atoms with Crippen molar-refractivity contribution in [2.75, 3.05) is 19.8 Å². The minimum Gasteiger partial charge on any atom is -0.490 e. The Morgan fingerprint density at radius 2 is 1.37 bits per heavy atom. The van der Waals surface area contributed by atoms with Crippen molar-refractivity contribution in [1.82, 2.24) is 0 Å². The molecule has 5 nitrogen and oxygen atoms in total. The van der Waals surface area contributed by atoms with E-state index in [1.807, 2.05) is 45.0 Å². The van der Waals surface area contributed by atoms with Gasteiger partial charge in [0.1, 0.15) is 5.75 Å². The number of carbonyl (C=O) groups excluding carboxylic acids is 1. The first-order chi connectivity index (χ1) is 13.1. The average molecular weight is 372 g/mol. The summed E-state index contributed by atoms with van der Waals surface area (Å²) in [6.45, 7) is 9.12. The number of hydrogen-bond acceptors (Lipinski definition) is 5. The zero-order valence-corrected chi connectivity index (χ0v) is 16.5. The van der Waals surface area contributed by atoms with Gasteiger partial charge in [-0.15, -0.1) is 0 Å². The number of esters is 1. The third kappa shape index (κ3) is 5.64. The van der Waals surface area contributed by atoms with Crippen molar-refractivity contribution in [3.8, 4) is 23.0 Å². The summed E-state index contributed by atoms with van der Waals surface area (Å²) in [6, 6.07) is 10.8. The van der Waals surface area contributed by atoms with E-state index in [-0.39, 0.29) is 0 Å². The second-order valence-electron chi connectivity index (χ2n) is 5.88. The van der Waals surface area contributed by atoms with Crippen molar-refractivity contribution in [2.45, 2.75) is 40.5 Å². The molecule has 0 fully saturated rings. The molecule has 0 spiro atoms. The molecule has 0 aromatic heterocycles. The van der Waals surface area contributed by atoms with Crippen LogP contribution in [-0.2, 0) is 6.42 Å². The first-order valence-corrected chi connectivity index (χ1v) is 9.50. The molecule has 146 valence electrons. The number of rotatable bonds is 10. The largest absolute Gasteiger partial charge is 0.490 e. The van der Waals surface area contributed by atoms with Crippen LogP contribution in [0.2, 0.25) is 0 Å². The van der Waals surface area contributed by atoms with E-state index < -0.39 is 5.97 Å². The average Bonchev–Trinajstić information content (AvgIpc) is 2.66. The highest BCUT2D eigenvalue weighted by Gasteiger charge is 2.19. The SMILES string of the molecule is CCCc1ccc(OC(=O)c2cc(OCC)c(OCC)c(OCC)c2)cc1. The monoisotopic (exact) mass is 372 g/mol. The molecule has 2 rings (SSSR count). The van der Waals surface area contributed by atoms with Crippen LogP contribution < -0.4 is 18.9 Å². The van der Waals surface area contributed by atoms with Crippen LogP contribution in [0.3, 0.4) is 0 Å². The maximum atomic E-state index is 12.6. The summed E-state index contributed by atoms with van der Waals surface area (Å²) in [7, 11) is 0. The zero-order valence-electron chi connectivity index (χ0n) is 16.5. The van der Waals surface area contributed by atoms with Crippen molar-refractivity contribution in [2.24, 2.45) is 0 Å². The Balaban J connectivity index is 2.28. The third-order valence-corrected chi connectivity index (χ3v) is 3.82. The highest BCUT2D eigenvalue weighted by molar-refractivity contribution is 5.92. The quantitative estimate of drug-likeness (QED) is 0.431. The Hall–Kier alpha value is -2.69. The molecule has 0 aliphatic rings. The second kappa shape index (κ2) is 10.5. The summed E-state index contributed by atoms with van der Waals surface area (Å²) in [4.78, 5) is 12.6. The molecule has 0 saturated heterocycles. The molecule has 0 saturated carbocycles. The lowest BCUT2D eigenvalue weighted by Crippen LogP contribution is -2.11. The number of aryl methyl sites for hydroxylation is 1. The van der Waals surface area contributed by atoms with E-state index >= 15 is 0 Å². The van der Waals surface area contributed by atoms with E-state index in [1.54, 1.807) is 12.1 Å². The van der Waals surface area contributed by atoms with E-state index in [0.29, 0.717) is 48.4 Å². The molecule has 0 N–H and O–H groups in total. The lowest BCUT2D eigenvalue weighted by Gasteiger charge is -2.16. The molecular weight excluding hydrogens is 344 g/mol. The van der Waals surface area contributed by atoms with Crippen molar-refractivity contribution in [3.63, 3.8) is 0 Å². The van der Waals surface area contributed by atoms with Crippen LogP contribution in [0, 0.1) is 0 Å². The van der Waals surface area contributed by atoms with Gasteiger partial charge in [0.15, 0.2) is 11.5 Å². The van der Waals surface area contributed by atoms with E-state index in [4.69, 9.17) is 18.9 Å². The molecule has 0 bridgehead atoms. The van der Waals surface area contributed by atoms with Gasteiger partial charge in [-0.1, -0.05) is 25.5 Å². The van der Waals surface area contributed by atoms with Crippen molar-refractivity contribution in [3.05, 3.63) is 47.5 Å². The molecule has 0 unspecified atom stereocenters. The van der Waals surface area contributed by atoms with Crippen LogP contribution in [0.4, 0.5) is 0 Å². The first-order valence-electron chi connectivity index (χ1n) is 9.50. The molecule has 0 amide bonds. The number of hydrogen-bond donors (Lipinski definition) is 0. The smallest absolute Gasteiger partial charge is 0.343 e. The number of ether oxygens (including phenoxy) is 4. The molecule has 2 aromatic rings. The van der Waals surface area contributed by atoms with Crippen LogP contribution in [0.1, 0.15) is 50.0 Å². The number of carbonyl (C=O) groups is 1. The molecule has 27 heavy (non-hydrogen) atoms. The minimum absolute atomic E-state index is 0.350. The third-order valence-electron chi connectivity index (χ3n) is 3.82. The van der Waals surface area contributed by atoms with Crippen molar-refractivity contribution >= 4 is 5.97 Å². The maximum absolute atomic E-state index is 12.6. The second-order valence-corrected chi connectivity index (χ2v) is 5.88. The van der Waals surface area contributed by atoms with Gasteiger partial charge in [0.2, 0.25) is 5.75 Å². The van der Waals surface area contributed by atoms with Gasteiger partial charge in [0.25, 0.3) is 0 Å². The fraction of sp³-hybridized carbons (Fsp3) is 0.409. The van der Waals surface area contributed by atoms with E-state index in [9.17, 15) is 4.79 Å². The molecule has 0 aliphatic carbocycles. The van der Waals surface area contributed by atoms with E-state index in [0.717, 1.165) is 12.8 Å². The Kier molecular flexibility index (Phi) is 7.99. The fourth-order valence-electron chi connectivity index (χ4n) is 2.69. The Labute approximate surface area is 161 Å². The normalized spacial score (nSPS) is 10.4. The zero-order chi connectivity index (χ0) is 19.6. The summed E-state index contributed by atoms with van der Waals surface area (Å²) in [5, 5.41) is 0. The van der Waals surface area contributed by atoms with E-state index in [2.05, 4.69) is 6.92 Å². The van der Waals surface area contributed by atoms with Crippen LogP contribution in [0.25, 0.3) is 0 Å². The summed E-state index contributed by atoms with van der Waals surface area (Å²) < 4.78 is 22.5. The van der Waals surface area contributed by atoms with Gasteiger partial charge in [0.05, 0.1) is 25.4 Å². The Bertz CT molecular complexity index is 710. The van der Waals surface area contributed by atoms with Gasteiger partial charge >= 0.3 is 5.97 Å². The van der Waals surface area contributed by atoms with Gasteiger partial charge < -0.3 is 18.9 Å². The van der Waals surface area contributed by atoms with Crippen molar-refractivity contribution < 1.29 is 23.7 Å². The predicted octanol–water partition coefficient (Wildman–Crippen LogP) is 5.05.